The van der Waals surface area contributed by atoms with Crippen LogP contribution in [0.3, 0.4) is 0 Å². The fraction of sp³-hybridized carbons (Fsp3) is 0.385. The quantitative estimate of drug-likeness (QED) is 0.782. The van der Waals surface area contributed by atoms with E-state index in [0.29, 0.717) is 12.8 Å². The smallest absolute Gasteiger partial charge is 0.310 e. The molecule has 0 atom stereocenters. The monoisotopic (exact) mass is 314 g/mol. The van der Waals surface area contributed by atoms with Gasteiger partial charge in [0.1, 0.15) is 0 Å². The third kappa shape index (κ3) is 4.14. The Morgan fingerprint density at radius 3 is 2.44 bits per heavy atom. The first-order valence-corrected chi connectivity index (χ1v) is 6.27. The van der Waals surface area contributed by atoms with E-state index in [9.17, 15) is 9.59 Å². The van der Waals surface area contributed by atoms with Crippen LogP contribution >= 0.6 is 15.9 Å². The number of carbonyl (C=O) groups excluding carboxylic acids is 2. The van der Waals surface area contributed by atoms with Crippen LogP contribution in [-0.2, 0) is 31.9 Å². The molecule has 1 aromatic carbocycles. The minimum atomic E-state index is -0.304. The zero-order chi connectivity index (χ0) is 13.5. The Morgan fingerprint density at radius 1 is 1.17 bits per heavy atom. The van der Waals surface area contributed by atoms with Crippen molar-refractivity contribution in [2.24, 2.45) is 0 Å². The Kier molecular flexibility index (Phi) is 5.85. The van der Waals surface area contributed by atoms with E-state index in [1.807, 2.05) is 18.2 Å². The van der Waals surface area contributed by atoms with Gasteiger partial charge in [-0.25, -0.2) is 0 Å². The number of rotatable bonds is 5. The van der Waals surface area contributed by atoms with Gasteiger partial charge < -0.3 is 9.47 Å². The minimum Gasteiger partial charge on any atom is -0.469 e. The molecule has 0 aliphatic heterocycles. The van der Waals surface area contributed by atoms with Crippen molar-refractivity contribution in [2.75, 3.05) is 14.2 Å². The number of halogens is 1. The Labute approximate surface area is 114 Å². The van der Waals surface area contributed by atoms with E-state index in [4.69, 9.17) is 0 Å². The second-order valence-corrected chi connectivity index (χ2v) is 4.56. The van der Waals surface area contributed by atoms with Gasteiger partial charge in [-0.3, -0.25) is 9.59 Å². The van der Waals surface area contributed by atoms with E-state index in [-0.39, 0.29) is 18.4 Å². The third-order valence-corrected chi connectivity index (χ3v) is 3.33. The van der Waals surface area contributed by atoms with Crippen LogP contribution in [0.4, 0.5) is 0 Å². The van der Waals surface area contributed by atoms with E-state index in [1.165, 1.54) is 14.2 Å². The second kappa shape index (κ2) is 7.16. The van der Waals surface area contributed by atoms with Crippen molar-refractivity contribution in [1.82, 2.24) is 0 Å². The molecule has 0 radical (unpaired) electrons. The first kappa shape index (κ1) is 14.7. The number of methoxy groups -OCH3 is 2. The first-order chi connectivity index (χ1) is 8.58. The van der Waals surface area contributed by atoms with Gasteiger partial charge in [0.25, 0.3) is 0 Å². The summed E-state index contributed by atoms with van der Waals surface area (Å²) in [4.78, 5) is 22.5. The number of hydrogen-bond acceptors (Lipinski definition) is 4. The molecule has 5 heteroatoms. The fourth-order valence-corrected chi connectivity index (χ4v) is 2.14. The van der Waals surface area contributed by atoms with Crippen molar-refractivity contribution in [1.29, 1.82) is 0 Å². The molecule has 18 heavy (non-hydrogen) atoms. The third-order valence-electron chi connectivity index (χ3n) is 2.59. The number of ether oxygens (including phenoxy) is 2. The molecular formula is C13H15BrO4. The molecule has 0 saturated heterocycles. The molecule has 0 saturated carbocycles. The van der Waals surface area contributed by atoms with Gasteiger partial charge in [-0.05, 0) is 23.6 Å². The van der Waals surface area contributed by atoms with Crippen molar-refractivity contribution in [3.8, 4) is 0 Å². The molecule has 4 nitrogen and oxygen atoms in total. The molecule has 1 rings (SSSR count). The van der Waals surface area contributed by atoms with Crippen molar-refractivity contribution in [2.45, 2.75) is 19.3 Å². The van der Waals surface area contributed by atoms with Crippen LogP contribution in [0.5, 0.6) is 0 Å². The van der Waals surface area contributed by atoms with E-state index < -0.39 is 0 Å². The molecule has 1 aromatic rings. The van der Waals surface area contributed by atoms with Crippen LogP contribution < -0.4 is 0 Å². The van der Waals surface area contributed by atoms with Crippen molar-refractivity contribution >= 4 is 27.9 Å². The summed E-state index contributed by atoms with van der Waals surface area (Å²) in [5.41, 5.74) is 1.80. The van der Waals surface area contributed by atoms with Crippen LogP contribution in [0, 0.1) is 0 Å². The lowest BCUT2D eigenvalue weighted by Crippen LogP contribution is -2.09. The van der Waals surface area contributed by atoms with Crippen LogP contribution in [0.15, 0.2) is 22.7 Å². The molecule has 0 aliphatic rings. The highest BCUT2D eigenvalue weighted by Gasteiger charge is 2.12. The summed E-state index contributed by atoms with van der Waals surface area (Å²) in [7, 11) is 2.71. The summed E-state index contributed by atoms with van der Waals surface area (Å²) in [6, 6.07) is 5.63. The summed E-state index contributed by atoms with van der Waals surface area (Å²) in [5.74, 6) is -0.569. The van der Waals surface area contributed by atoms with Gasteiger partial charge in [-0.2, -0.15) is 0 Å². The summed E-state index contributed by atoms with van der Waals surface area (Å²) < 4.78 is 10.1. The van der Waals surface area contributed by atoms with Gasteiger partial charge in [-0.15, -0.1) is 0 Å². The molecule has 0 aliphatic carbocycles. The molecule has 0 amide bonds. The Balaban J connectivity index is 2.86. The van der Waals surface area contributed by atoms with Crippen LogP contribution in [0.1, 0.15) is 17.5 Å². The molecule has 0 aromatic heterocycles. The zero-order valence-electron chi connectivity index (χ0n) is 10.4. The van der Waals surface area contributed by atoms with Crippen molar-refractivity contribution in [3.63, 3.8) is 0 Å². The molecule has 0 bridgehead atoms. The average Bonchev–Trinajstić information content (AvgIpc) is 2.38. The molecule has 0 unspecified atom stereocenters. The molecule has 0 N–H and O–H groups in total. The maximum absolute atomic E-state index is 11.3. The summed E-state index contributed by atoms with van der Waals surface area (Å²) in [5, 5.41) is 0. The van der Waals surface area contributed by atoms with Gasteiger partial charge in [0.2, 0.25) is 0 Å². The van der Waals surface area contributed by atoms with Crippen molar-refractivity contribution < 1.29 is 19.1 Å². The summed E-state index contributed by atoms with van der Waals surface area (Å²) >= 11 is 3.40. The van der Waals surface area contributed by atoms with Gasteiger partial charge in [0.15, 0.2) is 0 Å². The minimum absolute atomic E-state index is 0.189. The van der Waals surface area contributed by atoms with Gasteiger partial charge in [0, 0.05) is 10.9 Å². The van der Waals surface area contributed by atoms with Gasteiger partial charge in [-0.1, -0.05) is 28.1 Å². The lowest BCUT2D eigenvalue weighted by atomic mass is 10.0. The molecule has 98 valence electrons. The van der Waals surface area contributed by atoms with Crippen LogP contribution in [0.25, 0.3) is 0 Å². The maximum atomic E-state index is 11.3. The topological polar surface area (TPSA) is 52.6 Å². The largest absolute Gasteiger partial charge is 0.469 e. The van der Waals surface area contributed by atoms with Crippen molar-refractivity contribution in [3.05, 3.63) is 33.8 Å². The number of aryl methyl sites for hydroxylation is 1. The van der Waals surface area contributed by atoms with Crippen LogP contribution in [-0.4, -0.2) is 26.2 Å². The highest BCUT2D eigenvalue weighted by molar-refractivity contribution is 9.10. The number of benzene rings is 1. The maximum Gasteiger partial charge on any atom is 0.310 e. The lowest BCUT2D eigenvalue weighted by Gasteiger charge is -2.10. The SMILES string of the molecule is COC(=O)CCc1cccc(Br)c1CC(=O)OC. The number of carbonyl (C=O) groups is 2. The van der Waals surface area contributed by atoms with Crippen LogP contribution in [0.2, 0.25) is 0 Å². The zero-order valence-corrected chi connectivity index (χ0v) is 12.0. The predicted octanol–water partition coefficient (Wildman–Crippen LogP) is 2.27. The van der Waals surface area contributed by atoms with Gasteiger partial charge in [0.05, 0.1) is 20.6 Å². The average molecular weight is 315 g/mol. The van der Waals surface area contributed by atoms with Gasteiger partial charge >= 0.3 is 11.9 Å². The number of esters is 2. The van der Waals surface area contributed by atoms with E-state index in [2.05, 4.69) is 25.4 Å². The summed E-state index contributed by atoms with van der Waals surface area (Å²) in [6.07, 6.45) is 1.02. The molecule has 0 fully saturated rings. The van der Waals surface area contributed by atoms with E-state index in [1.54, 1.807) is 0 Å². The Hall–Kier alpha value is -1.36. The summed E-state index contributed by atoms with van der Waals surface area (Å²) in [6.45, 7) is 0. The standard InChI is InChI=1S/C13H15BrO4/c1-17-12(15)7-6-9-4-3-5-11(14)10(9)8-13(16)18-2/h3-5H,6-8H2,1-2H3. The molecule has 0 spiro atoms. The molecule has 0 heterocycles. The Bertz CT molecular complexity index is 443. The number of hydrogen-bond donors (Lipinski definition) is 0. The lowest BCUT2D eigenvalue weighted by molar-refractivity contribution is -0.140. The first-order valence-electron chi connectivity index (χ1n) is 5.48. The predicted molar refractivity (Wildman–Crippen MR) is 70.2 cm³/mol. The normalized spacial score (nSPS) is 9.94. The highest BCUT2D eigenvalue weighted by atomic mass is 79.9. The Morgan fingerprint density at radius 2 is 1.83 bits per heavy atom. The molecular weight excluding hydrogens is 300 g/mol. The fourth-order valence-electron chi connectivity index (χ4n) is 1.59. The second-order valence-electron chi connectivity index (χ2n) is 3.71. The van der Waals surface area contributed by atoms with E-state index in [0.717, 1.165) is 15.6 Å². The van der Waals surface area contributed by atoms with E-state index >= 15 is 0 Å². The highest BCUT2D eigenvalue weighted by Crippen LogP contribution is 2.23.